The van der Waals surface area contributed by atoms with E-state index in [0.717, 1.165) is 22.9 Å². The molecule has 0 fully saturated rings. The molecule has 0 amide bonds. The minimum absolute atomic E-state index is 0.784. The molecule has 2 N–H and O–H groups in total. The first-order valence-corrected chi connectivity index (χ1v) is 6.74. The van der Waals surface area contributed by atoms with E-state index in [9.17, 15) is 0 Å². The summed E-state index contributed by atoms with van der Waals surface area (Å²) < 4.78 is 0. The zero-order valence-electron chi connectivity index (χ0n) is 9.89. The first-order chi connectivity index (χ1) is 8.25. The van der Waals surface area contributed by atoms with Crippen LogP contribution in [-0.4, -0.2) is 4.98 Å². The Balaban J connectivity index is 1.90. The molecule has 88 valence electrons. The van der Waals surface area contributed by atoms with Crippen molar-refractivity contribution in [3.63, 3.8) is 0 Å². The third-order valence-corrected chi connectivity index (χ3v) is 3.62. The lowest BCUT2D eigenvalue weighted by Crippen LogP contribution is -1.92. The number of aromatic nitrogens is 1. The third-order valence-electron chi connectivity index (χ3n) is 2.61. The maximum Gasteiger partial charge on any atom is 0.0523 e. The minimum Gasteiger partial charge on any atom is -0.399 e. The summed E-state index contributed by atoms with van der Waals surface area (Å²) in [4.78, 5) is 4.29. The molecule has 2 aromatic rings. The van der Waals surface area contributed by atoms with E-state index in [1.54, 1.807) is 6.20 Å². The van der Waals surface area contributed by atoms with Crippen LogP contribution in [0.4, 0.5) is 5.69 Å². The zero-order chi connectivity index (χ0) is 12.1. The molecule has 0 aliphatic carbocycles. The van der Waals surface area contributed by atoms with E-state index in [4.69, 9.17) is 5.73 Å². The van der Waals surface area contributed by atoms with Crippen LogP contribution in [0.2, 0.25) is 0 Å². The number of rotatable bonds is 4. The molecule has 0 saturated carbocycles. The van der Waals surface area contributed by atoms with Crippen LogP contribution in [0.5, 0.6) is 0 Å². The van der Waals surface area contributed by atoms with Crippen molar-refractivity contribution >= 4 is 17.4 Å². The summed E-state index contributed by atoms with van der Waals surface area (Å²) in [6.45, 7) is 2.15. The number of nitrogens with two attached hydrogens (primary N) is 1. The van der Waals surface area contributed by atoms with Crippen molar-refractivity contribution in [2.45, 2.75) is 18.4 Å². The number of pyridine rings is 1. The number of hydrogen-bond acceptors (Lipinski definition) is 3. The summed E-state index contributed by atoms with van der Waals surface area (Å²) in [6.07, 6.45) is 1.76. The van der Waals surface area contributed by atoms with Crippen LogP contribution in [0.3, 0.4) is 0 Å². The van der Waals surface area contributed by atoms with E-state index in [0.29, 0.717) is 0 Å². The van der Waals surface area contributed by atoms with E-state index >= 15 is 0 Å². The molecular formula is C14H16N2S. The summed E-state index contributed by atoms with van der Waals surface area (Å²) in [5.41, 5.74) is 10.3. The molecular weight excluding hydrogens is 228 g/mol. The summed E-state index contributed by atoms with van der Waals surface area (Å²) >= 11 is 1.86. The number of nitrogens with zero attached hydrogens (tertiary/aromatic N) is 1. The minimum atomic E-state index is 0.784. The second-order valence-electron chi connectivity index (χ2n) is 4.00. The van der Waals surface area contributed by atoms with Crippen molar-refractivity contribution in [1.82, 2.24) is 4.98 Å². The van der Waals surface area contributed by atoms with Gasteiger partial charge in [0.15, 0.2) is 0 Å². The lowest BCUT2D eigenvalue weighted by molar-refractivity contribution is 1.17. The Labute approximate surface area is 106 Å². The molecule has 0 atom stereocenters. The first-order valence-electron chi connectivity index (χ1n) is 5.58. The summed E-state index contributed by atoms with van der Waals surface area (Å²) in [6, 6.07) is 12.2. The van der Waals surface area contributed by atoms with Gasteiger partial charge in [0.1, 0.15) is 0 Å². The average Bonchev–Trinajstić information content (AvgIpc) is 2.32. The highest BCUT2D eigenvalue weighted by Gasteiger charge is 1.99. The predicted molar refractivity (Wildman–Crippen MR) is 74.8 cm³/mol. The predicted octanol–water partition coefficient (Wildman–Crippen LogP) is 3.41. The van der Waals surface area contributed by atoms with Crippen LogP contribution < -0.4 is 5.73 Å². The fourth-order valence-electron chi connectivity index (χ4n) is 1.61. The Morgan fingerprint density at radius 2 is 2.00 bits per heavy atom. The smallest absolute Gasteiger partial charge is 0.0523 e. The molecule has 0 aliphatic rings. The van der Waals surface area contributed by atoms with Gasteiger partial charge in [-0.3, -0.25) is 4.98 Å². The normalized spacial score (nSPS) is 10.4. The standard InChI is InChI=1S/C14H16N2S/c1-11-4-2-3-5-12(11)9-17-10-14-8-13(15)6-7-16-14/h2-8H,9-10H2,1H3,(H2,15,16). The Morgan fingerprint density at radius 3 is 2.76 bits per heavy atom. The van der Waals surface area contributed by atoms with Gasteiger partial charge >= 0.3 is 0 Å². The van der Waals surface area contributed by atoms with Gasteiger partial charge in [0.05, 0.1) is 5.69 Å². The fourth-order valence-corrected chi connectivity index (χ4v) is 2.63. The number of benzene rings is 1. The first kappa shape index (κ1) is 12.0. The fraction of sp³-hybridized carbons (Fsp3) is 0.214. The quantitative estimate of drug-likeness (QED) is 0.895. The van der Waals surface area contributed by atoms with E-state index in [-0.39, 0.29) is 0 Å². The Bertz CT molecular complexity index is 497. The average molecular weight is 244 g/mol. The molecule has 0 unspecified atom stereocenters. The van der Waals surface area contributed by atoms with Gasteiger partial charge in [0, 0.05) is 23.4 Å². The number of nitrogen functional groups attached to an aromatic ring is 1. The number of anilines is 1. The topological polar surface area (TPSA) is 38.9 Å². The van der Waals surface area contributed by atoms with Gasteiger partial charge in [-0.15, -0.1) is 0 Å². The molecule has 1 heterocycles. The third kappa shape index (κ3) is 3.49. The maximum atomic E-state index is 5.72. The second-order valence-corrected chi connectivity index (χ2v) is 4.99. The lowest BCUT2D eigenvalue weighted by Gasteiger charge is -2.05. The Morgan fingerprint density at radius 1 is 1.18 bits per heavy atom. The van der Waals surface area contributed by atoms with E-state index < -0.39 is 0 Å². The number of thioether (sulfide) groups is 1. The summed E-state index contributed by atoms with van der Waals surface area (Å²) in [7, 11) is 0. The molecule has 3 heteroatoms. The van der Waals surface area contributed by atoms with Gasteiger partial charge in [-0.25, -0.2) is 0 Å². The summed E-state index contributed by atoms with van der Waals surface area (Å²) in [5.74, 6) is 1.92. The van der Waals surface area contributed by atoms with E-state index in [1.165, 1.54) is 11.1 Å². The SMILES string of the molecule is Cc1ccccc1CSCc1cc(N)ccn1. The molecule has 0 saturated heterocycles. The van der Waals surface area contributed by atoms with Gasteiger partial charge in [0.25, 0.3) is 0 Å². The molecule has 0 bridgehead atoms. The van der Waals surface area contributed by atoms with Crippen LogP contribution in [0.25, 0.3) is 0 Å². The molecule has 0 spiro atoms. The molecule has 0 radical (unpaired) electrons. The number of hydrogen-bond donors (Lipinski definition) is 1. The Kier molecular flexibility index (Phi) is 4.04. The van der Waals surface area contributed by atoms with Crippen molar-refractivity contribution in [2.24, 2.45) is 0 Å². The van der Waals surface area contributed by atoms with Gasteiger partial charge in [0.2, 0.25) is 0 Å². The van der Waals surface area contributed by atoms with Crippen molar-refractivity contribution in [1.29, 1.82) is 0 Å². The van der Waals surface area contributed by atoms with Gasteiger partial charge < -0.3 is 5.73 Å². The van der Waals surface area contributed by atoms with Crippen LogP contribution in [0.15, 0.2) is 42.6 Å². The highest BCUT2D eigenvalue weighted by atomic mass is 32.2. The molecule has 0 aliphatic heterocycles. The summed E-state index contributed by atoms with van der Waals surface area (Å²) in [5, 5.41) is 0. The lowest BCUT2D eigenvalue weighted by atomic mass is 10.1. The highest BCUT2D eigenvalue weighted by molar-refractivity contribution is 7.97. The van der Waals surface area contributed by atoms with Crippen molar-refractivity contribution in [3.8, 4) is 0 Å². The number of aryl methyl sites for hydroxylation is 1. The van der Waals surface area contributed by atoms with E-state index in [1.807, 2.05) is 23.9 Å². The molecule has 2 rings (SSSR count). The van der Waals surface area contributed by atoms with Crippen molar-refractivity contribution in [3.05, 3.63) is 59.4 Å². The van der Waals surface area contributed by atoms with Crippen LogP contribution in [0.1, 0.15) is 16.8 Å². The Hall–Kier alpha value is -1.48. The van der Waals surface area contributed by atoms with E-state index in [2.05, 4.69) is 36.2 Å². The highest BCUT2D eigenvalue weighted by Crippen LogP contribution is 2.19. The molecule has 17 heavy (non-hydrogen) atoms. The van der Waals surface area contributed by atoms with Gasteiger partial charge in [-0.1, -0.05) is 24.3 Å². The molecule has 2 nitrogen and oxygen atoms in total. The largest absolute Gasteiger partial charge is 0.399 e. The zero-order valence-corrected chi connectivity index (χ0v) is 10.7. The van der Waals surface area contributed by atoms with Crippen molar-refractivity contribution in [2.75, 3.05) is 5.73 Å². The molecule has 1 aromatic carbocycles. The monoisotopic (exact) mass is 244 g/mol. The van der Waals surface area contributed by atoms with Crippen molar-refractivity contribution < 1.29 is 0 Å². The van der Waals surface area contributed by atoms with Crippen LogP contribution >= 0.6 is 11.8 Å². The second kappa shape index (κ2) is 5.73. The van der Waals surface area contributed by atoms with Gasteiger partial charge in [-0.05, 0) is 30.2 Å². The van der Waals surface area contributed by atoms with Crippen LogP contribution in [0, 0.1) is 6.92 Å². The van der Waals surface area contributed by atoms with Gasteiger partial charge in [-0.2, -0.15) is 11.8 Å². The maximum absolute atomic E-state index is 5.72. The van der Waals surface area contributed by atoms with Crippen LogP contribution in [-0.2, 0) is 11.5 Å². The molecule has 1 aromatic heterocycles.